The Morgan fingerprint density at radius 3 is 2.12 bits per heavy atom. The Balaban J connectivity index is 2.18. The van der Waals surface area contributed by atoms with Crippen molar-refractivity contribution in [1.29, 1.82) is 0 Å². The molecule has 0 saturated heterocycles. The van der Waals surface area contributed by atoms with E-state index in [2.05, 4.69) is 13.8 Å². The maximum atomic E-state index is 12.6. The molecule has 2 rings (SSSR count). The van der Waals surface area contributed by atoms with Crippen LogP contribution >= 0.6 is 0 Å². The zero-order chi connectivity index (χ0) is 17.4. The topological polar surface area (TPSA) is 52.6 Å². The van der Waals surface area contributed by atoms with E-state index in [0.29, 0.717) is 12.0 Å². The summed E-state index contributed by atoms with van der Waals surface area (Å²) in [6, 6.07) is 9.64. The number of carbonyl (C=O) groups excluding carboxylic acids is 2. The van der Waals surface area contributed by atoms with Gasteiger partial charge in [-0.2, -0.15) is 0 Å². The van der Waals surface area contributed by atoms with Crippen LogP contribution < -0.4 is 0 Å². The van der Waals surface area contributed by atoms with E-state index in [1.54, 1.807) is 0 Å². The molecule has 0 fully saturated rings. The van der Waals surface area contributed by atoms with E-state index in [0.717, 1.165) is 40.1 Å². The summed E-state index contributed by atoms with van der Waals surface area (Å²) in [4.78, 5) is 24.9. The maximum absolute atomic E-state index is 12.6. The van der Waals surface area contributed by atoms with Gasteiger partial charge in [0.15, 0.2) is 0 Å². The van der Waals surface area contributed by atoms with Gasteiger partial charge in [0.05, 0.1) is 0 Å². The number of hydrogen-bond acceptors (Lipinski definition) is 4. The van der Waals surface area contributed by atoms with Crippen molar-refractivity contribution in [2.45, 2.75) is 54.8 Å². The van der Waals surface area contributed by atoms with Crippen molar-refractivity contribution in [1.82, 2.24) is 0 Å². The number of hydrogen-bond donors (Lipinski definition) is 0. The van der Waals surface area contributed by atoms with Crippen LogP contribution in [0.15, 0.2) is 42.0 Å². The fourth-order valence-electron chi connectivity index (χ4n) is 2.83. The zero-order valence-electron chi connectivity index (χ0n) is 14.5. The quantitative estimate of drug-likeness (QED) is 0.570. The number of rotatable bonds is 8. The molecule has 0 unspecified atom stereocenters. The first-order valence-electron chi connectivity index (χ1n) is 8.79. The first kappa shape index (κ1) is 19.0. The van der Waals surface area contributed by atoms with Crippen molar-refractivity contribution < 1.29 is 15.7 Å². The van der Waals surface area contributed by atoms with Gasteiger partial charge in [-0.15, -0.1) is 0 Å². The molecule has 0 bridgehead atoms. The summed E-state index contributed by atoms with van der Waals surface area (Å²) >= 11 is -3.68. The summed E-state index contributed by atoms with van der Waals surface area (Å²) < 4.78 is 13.2. The van der Waals surface area contributed by atoms with Crippen LogP contribution in [0.4, 0.5) is 0 Å². The van der Waals surface area contributed by atoms with Crippen LogP contribution in [-0.2, 0) is 22.2 Å². The van der Waals surface area contributed by atoms with Crippen LogP contribution in [0, 0.1) is 0 Å². The molecule has 1 aromatic rings. The molecule has 130 valence electrons. The Hall–Kier alpha value is -1.30. The average Bonchev–Trinajstić information content (AvgIpc) is 2.69. The van der Waals surface area contributed by atoms with Crippen molar-refractivity contribution in [2.75, 3.05) is 0 Å². The summed E-state index contributed by atoms with van der Waals surface area (Å²) in [5.41, 5.74) is 1.39. The Labute approximate surface area is 149 Å². The summed E-state index contributed by atoms with van der Waals surface area (Å²) in [6.45, 7) is 4.19. The van der Waals surface area contributed by atoms with Gasteiger partial charge in [0, 0.05) is 0 Å². The second-order valence-corrected chi connectivity index (χ2v) is 15.5. The van der Waals surface area contributed by atoms with Gasteiger partial charge < -0.3 is 0 Å². The van der Waals surface area contributed by atoms with Gasteiger partial charge >= 0.3 is 149 Å². The summed E-state index contributed by atoms with van der Waals surface area (Å²) in [5, 5.41) is 0. The summed E-state index contributed by atoms with van der Waals surface area (Å²) in [5.74, 6) is -0.748. The Bertz CT molecular complexity index is 587. The summed E-state index contributed by atoms with van der Waals surface area (Å²) in [6.07, 6.45) is 5.63. The third kappa shape index (κ3) is 5.36. The molecule has 1 aliphatic heterocycles. The van der Waals surface area contributed by atoms with Gasteiger partial charge in [0.2, 0.25) is 0 Å². The molecular weight excluding hydrogens is 411 g/mol. The Morgan fingerprint density at radius 2 is 1.54 bits per heavy atom. The molecule has 4 nitrogen and oxygen atoms in total. The first-order valence-corrected chi connectivity index (χ1v) is 15.2. The van der Waals surface area contributed by atoms with Crippen LogP contribution in [0.1, 0.15) is 45.1 Å². The normalized spacial score (nSPS) is 16.8. The van der Waals surface area contributed by atoms with E-state index in [9.17, 15) is 9.59 Å². The van der Waals surface area contributed by atoms with Crippen LogP contribution in [0.25, 0.3) is 0 Å². The minimum atomic E-state index is -3.68. The Kier molecular flexibility index (Phi) is 7.34. The summed E-state index contributed by atoms with van der Waals surface area (Å²) in [7, 11) is 0. The molecular formula is C19H26O4Sn. The van der Waals surface area contributed by atoms with Gasteiger partial charge in [-0.05, 0) is 0 Å². The molecule has 5 heteroatoms. The van der Waals surface area contributed by atoms with Crippen molar-refractivity contribution in [2.24, 2.45) is 0 Å². The number of carbonyl (C=O) groups is 2. The van der Waals surface area contributed by atoms with E-state index in [1.165, 1.54) is 6.08 Å². The van der Waals surface area contributed by atoms with E-state index < -0.39 is 25.2 Å². The average molecular weight is 437 g/mol. The van der Waals surface area contributed by atoms with Gasteiger partial charge in [-0.3, -0.25) is 0 Å². The van der Waals surface area contributed by atoms with Crippen LogP contribution in [0.3, 0.4) is 0 Å². The second-order valence-electron chi connectivity index (χ2n) is 6.26. The molecule has 0 atom stereocenters. The molecule has 24 heavy (non-hydrogen) atoms. The van der Waals surface area contributed by atoms with Crippen molar-refractivity contribution in [3.63, 3.8) is 0 Å². The van der Waals surface area contributed by atoms with E-state index >= 15 is 0 Å². The monoisotopic (exact) mass is 438 g/mol. The van der Waals surface area contributed by atoms with Gasteiger partial charge in [-0.25, -0.2) is 0 Å². The van der Waals surface area contributed by atoms with Crippen molar-refractivity contribution in [3.8, 4) is 0 Å². The molecule has 0 saturated carbocycles. The molecule has 0 spiro atoms. The molecule has 0 amide bonds. The number of unbranched alkanes of at least 4 members (excludes halogenated alkanes) is 2. The van der Waals surface area contributed by atoms with Crippen LogP contribution in [-0.4, -0.2) is 31.1 Å². The van der Waals surface area contributed by atoms with Crippen LogP contribution in [0.2, 0.25) is 8.87 Å². The first-order chi connectivity index (χ1) is 11.6. The molecule has 1 aromatic carbocycles. The predicted octanol–water partition coefficient (Wildman–Crippen LogP) is 4.30. The SMILES string of the molecule is CCC[CH2][Sn]1([CH2]CCC)[O]C(=O)C=C(Cc2ccccc2)C(=O)[O]1. The third-order valence-electron chi connectivity index (χ3n) is 4.18. The third-order valence-corrected chi connectivity index (χ3v) is 13.8. The van der Waals surface area contributed by atoms with Crippen LogP contribution in [0.5, 0.6) is 0 Å². The molecule has 1 aliphatic rings. The van der Waals surface area contributed by atoms with Gasteiger partial charge in [0.1, 0.15) is 0 Å². The molecule has 0 aliphatic carbocycles. The standard InChI is InChI=1S/C11H10O4.2C4H9.Sn/c12-10(13)7-9(11(14)15)6-8-4-2-1-3-5-8;2*1-3-4-2;/h1-5,7H,6H2,(H,12,13)(H,14,15);2*1,3-4H2,2H3;/q;;;+2/p-2. The van der Waals surface area contributed by atoms with E-state index in [4.69, 9.17) is 6.15 Å². The Morgan fingerprint density at radius 1 is 0.917 bits per heavy atom. The second kappa shape index (κ2) is 9.25. The molecule has 0 N–H and O–H groups in total. The zero-order valence-corrected chi connectivity index (χ0v) is 17.4. The van der Waals surface area contributed by atoms with Crippen molar-refractivity contribution >= 4 is 31.1 Å². The van der Waals surface area contributed by atoms with Crippen molar-refractivity contribution in [3.05, 3.63) is 47.5 Å². The van der Waals surface area contributed by atoms with E-state index in [1.807, 2.05) is 30.3 Å². The predicted molar refractivity (Wildman–Crippen MR) is 95.6 cm³/mol. The fourth-order valence-corrected chi connectivity index (χ4v) is 12.5. The fraction of sp³-hybridized carbons (Fsp3) is 0.474. The van der Waals surface area contributed by atoms with E-state index in [-0.39, 0.29) is 5.97 Å². The molecule has 0 aromatic heterocycles. The van der Waals surface area contributed by atoms with Gasteiger partial charge in [0.25, 0.3) is 0 Å². The van der Waals surface area contributed by atoms with Gasteiger partial charge in [-0.1, -0.05) is 0 Å². The molecule has 0 radical (unpaired) electrons. The molecule has 1 heterocycles. The number of benzene rings is 1. The minimum absolute atomic E-state index is 0.354.